The molecule has 1 aromatic rings. The summed E-state index contributed by atoms with van der Waals surface area (Å²) in [6.07, 6.45) is 0.375. The smallest absolute Gasteiger partial charge is 0.312 e. The minimum atomic E-state index is -0.743. The zero-order valence-electron chi connectivity index (χ0n) is 10.3. The molecule has 1 aromatic carbocycles. The van der Waals surface area contributed by atoms with Gasteiger partial charge in [-0.15, -0.1) is 19.0 Å². The number of nitriles is 1. The predicted molar refractivity (Wildman–Crippen MR) is 73.1 cm³/mol. The van der Waals surface area contributed by atoms with E-state index in [-0.39, 0.29) is 23.5 Å². The summed E-state index contributed by atoms with van der Waals surface area (Å²) < 4.78 is 0. The Labute approximate surface area is 116 Å². The van der Waals surface area contributed by atoms with Crippen LogP contribution in [0.5, 0.6) is 5.75 Å². The van der Waals surface area contributed by atoms with E-state index in [4.69, 9.17) is 11.0 Å². The van der Waals surface area contributed by atoms with Crippen LogP contribution in [0.2, 0.25) is 0 Å². The molecule has 19 heavy (non-hydrogen) atoms. The van der Waals surface area contributed by atoms with E-state index >= 15 is 0 Å². The van der Waals surface area contributed by atoms with Gasteiger partial charge in [-0.3, -0.25) is 10.1 Å². The van der Waals surface area contributed by atoms with Gasteiger partial charge in [-0.25, -0.2) is 0 Å². The van der Waals surface area contributed by atoms with Crippen molar-refractivity contribution in [1.82, 2.24) is 0 Å². The lowest BCUT2D eigenvalue weighted by Gasteiger charge is -2.13. The normalized spacial score (nSPS) is 11.0. The number of hydrogen-bond acceptors (Lipinski definition) is 5. The predicted octanol–water partition coefficient (Wildman–Crippen LogP) is 2.56. The highest BCUT2D eigenvalue weighted by Crippen LogP contribution is 2.35. The fourth-order valence-corrected chi connectivity index (χ4v) is 1.61. The molecule has 0 saturated carbocycles. The van der Waals surface area contributed by atoms with E-state index < -0.39 is 22.4 Å². The molecule has 0 aliphatic heterocycles. The van der Waals surface area contributed by atoms with Crippen molar-refractivity contribution in [3.05, 3.63) is 45.5 Å². The van der Waals surface area contributed by atoms with Crippen LogP contribution in [0, 0.1) is 21.4 Å². The van der Waals surface area contributed by atoms with Crippen molar-refractivity contribution < 1.29 is 10.0 Å². The third kappa shape index (κ3) is 3.95. The number of phenols is 1. The van der Waals surface area contributed by atoms with Gasteiger partial charge in [-0.2, -0.15) is 5.26 Å². The first-order valence-electron chi connectivity index (χ1n) is 5.18. The average molecular weight is 284 g/mol. The Kier molecular flexibility index (Phi) is 5.99. The number of nitro groups is 1. The molecule has 0 aromatic heterocycles. The number of nitrogens with zero attached hydrogens (tertiary/aromatic N) is 2. The molecule has 102 valence electrons. The monoisotopic (exact) mass is 283 g/mol. The zero-order chi connectivity index (χ0) is 13.9. The van der Waals surface area contributed by atoms with Gasteiger partial charge in [0.15, 0.2) is 5.75 Å². The van der Waals surface area contributed by atoms with Crippen LogP contribution >= 0.6 is 12.4 Å². The minimum Gasteiger partial charge on any atom is -0.502 e. The lowest BCUT2D eigenvalue weighted by Crippen LogP contribution is -2.11. The maximum atomic E-state index is 10.8. The van der Waals surface area contributed by atoms with Crippen LogP contribution in [0.4, 0.5) is 5.69 Å². The number of nitrogens with two attached hydrogens (primary N) is 1. The molecule has 0 radical (unpaired) electrons. The van der Waals surface area contributed by atoms with Crippen molar-refractivity contribution in [2.45, 2.75) is 19.4 Å². The van der Waals surface area contributed by atoms with Crippen LogP contribution in [-0.2, 0) is 0 Å². The molecular formula is C12H14ClN3O3. The Balaban J connectivity index is 0.00000324. The third-order valence-corrected chi connectivity index (χ3v) is 2.41. The molecule has 0 spiro atoms. The highest BCUT2D eigenvalue weighted by Gasteiger charge is 2.22. The summed E-state index contributed by atoms with van der Waals surface area (Å²) in [4.78, 5) is 10.0. The van der Waals surface area contributed by atoms with Crippen LogP contribution in [0.3, 0.4) is 0 Å². The molecule has 0 aliphatic rings. The number of aromatic hydroxyl groups is 1. The lowest BCUT2D eigenvalue weighted by molar-refractivity contribution is -0.386. The highest BCUT2D eigenvalue weighted by atomic mass is 35.5. The fraction of sp³-hybridized carbons (Fsp3) is 0.250. The first kappa shape index (κ1) is 16.9. The molecule has 0 unspecified atom stereocenters. The Bertz CT molecular complexity index is 552. The number of rotatable bonds is 4. The molecule has 0 aliphatic carbocycles. The van der Waals surface area contributed by atoms with E-state index in [1.807, 2.05) is 0 Å². The summed E-state index contributed by atoms with van der Waals surface area (Å²) in [5.74, 6) is -0.493. The van der Waals surface area contributed by atoms with Crippen molar-refractivity contribution in [3.8, 4) is 11.8 Å². The second-order valence-electron chi connectivity index (χ2n) is 4.07. The van der Waals surface area contributed by atoms with Crippen LogP contribution in [0.25, 0.3) is 0 Å². The molecule has 0 amide bonds. The number of halogens is 1. The van der Waals surface area contributed by atoms with E-state index in [2.05, 4.69) is 6.58 Å². The van der Waals surface area contributed by atoms with Gasteiger partial charge in [0.1, 0.15) is 0 Å². The Morgan fingerprint density at radius 3 is 2.68 bits per heavy atom. The van der Waals surface area contributed by atoms with Crippen LogP contribution in [0.15, 0.2) is 24.3 Å². The van der Waals surface area contributed by atoms with E-state index in [9.17, 15) is 15.2 Å². The number of phenolic OH excluding ortho intramolecular Hbond substituents is 1. The summed E-state index contributed by atoms with van der Waals surface area (Å²) in [5.41, 5.74) is 6.38. The summed E-state index contributed by atoms with van der Waals surface area (Å²) in [6.45, 7) is 5.45. The van der Waals surface area contributed by atoms with Crippen molar-refractivity contribution >= 4 is 18.1 Å². The summed E-state index contributed by atoms with van der Waals surface area (Å²) in [7, 11) is 0. The maximum absolute atomic E-state index is 10.8. The van der Waals surface area contributed by atoms with Crippen molar-refractivity contribution in [2.24, 2.45) is 5.73 Å². The fourth-order valence-electron chi connectivity index (χ4n) is 1.61. The van der Waals surface area contributed by atoms with Crippen molar-refractivity contribution in [3.63, 3.8) is 0 Å². The average Bonchev–Trinajstić information content (AvgIpc) is 2.27. The van der Waals surface area contributed by atoms with Crippen LogP contribution in [-0.4, -0.2) is 10.0 Å². The van der Waals surface area contributed by atoms with Gasteiger partial charge in [0.25, 0.3) is 0 Å². The van der Waals surface area contributed by atoms with E-state index in [1.54, 1.807) is 13.0 Å². The topological polar surface area (TPSA) is 113 Å². The molecular weight excluding hydrogens is 270 g/mol. The van der Waals surface area contributed by atoms with Gasteiger partial charge >= 0.3 is 5.69 Å². The first-order valence-corrected chi connectivity index (χ1v) is 5.18. The molecule has 6 nitrogen and oxygen atoms in total. The second-order valence-corrected chi connectivity index (χ2v) is 4.07. The largest absolute Gasteiger partial charge is 0.502 e. The molecule has 0 bridgehead atoms. The Hall–Kier alpha value is -2.10. The van der Waals surface area contributed by atoms with Crippen molar-refractivity contribution in [1.29, 1.82) is 5.26 Å². The van der Waals surface area contributed by atoms with Gasteiger partial charge in [0.2, 0.25) is 0 Å². The Morgan fingerprint density at radius 1 is 1.68 bits per heavy atom. The van der Waals surface area contributed by atoms with E-state index in [0.29, 0.717) is 6.42 Å². The van der Waals surface area contributed by atoms with E-state index in [1.165, 1.54) is 6.07 Å². The minimum absolute atomic E-state index is 0. The zero-order valence-corrected chi connectivity index (χ0v) is 11.1. The number of benzene rings is 1. The van der Waals surface area contributed by atoms with Crippen LogP contribution in [0.1, 0.15) is 30.5 Å². The Morgan fingerprint density at radius 2 is 2.26 bits per heavy atom. The quantitative estimate of drug-likeness (QED) is 0.501. The lowest BCUT2D eigenvalue weighted by atomic mass is 9.97. The standard InChI is InChI=1S/C12H13N3O3.ClH/c1-7(2)3-10(14)9-4-8(6-13)5-11(12(9)16)15(17)18;/h4-5,10,16H,1,3,14H2,2H3;1H/t10-;/m0./s1. The van der Waals surface area contributed by atoms with Crippen LogP contribution < -0.4 is 5.73 Å². The number of hydrogen-bond donors (Lipinski definition) is 2. The highest BCUT2D eigenvalue weighted by molar-refractivity contribution is 5.85. The maximum Gasteiger partial charge on any atom is 0.312 e. The third-order valence-electron chi connectivity index (χ3n) is 2.41. The molecule has 1 atom stereocenters. The van der Waals surface area contributed by atoms with Gasteiger partial charge in [0.05, 0.1) is 16.6 Å². The second kappa shape index (κ2) is 6.73. The van der Waals surface area contributed by atoms with Gasteiger partial charge < -0.3 is 10.8 Å². The molecule has 0 heterocycles. The molecule has 7 heteroatoms. The summed E-state index contributed by atoms with van der Waals surface area (Å²) >= 11 is 0. The van der Waals surface area contributed by atoms with Crippen molar-refractivity contribution in [2.75, 3.05) is 0 Å². The molecule has 0 saturated heterocycles. The molecule has 0 fully saturated rings. The summed E-state index contributed by atoms with van der Waals surface area (Å²) in [6, 6.07) is 3.55. The van der Waals surface area contributed by atoms with E-state index in [0.717, 1.165) is 11.6 Å². The van der Waals surface area contributed by atoms with Gasteiger partial charge in [-0.1, -0.05) is 5.57 Å². The van der Waals surface area contributed by atoms with Gasteiger partial charge in [0, 0.05) is 17.7 Å². The number of nitro benzene ring substituents is 1. The molecule has 3 N–H and O–H groups in total. The SMILES string of the molecule is C=C(C)C[C@H](N)c1cc(C#N)cc([N+](=O)[O-])c1O.Cl. The molecule has 1 rings (SSSR count). The first-order chi connectivity index (χ1) is 8.36. The summed E-state index contributed by atoms with van der Waals surface area (Å²) in [5, 5.41) is 29.4. The van der Waals surface area contributed by atoms with Gasteiger partial charge in [-0.05, 0) is 19.4 Å².